The fourth-order valence-corrected chi connectivity index (χ4v) is 19.9. The SMILES string of the molecule is CN1CCN(CCNc2nc3nc(N4CCCCC4)nc(NCCN4CCOCC4)c3nc2Cl)CC1.CN1CCN(CCNc2nc3nc(N4CCN(C)CC4)nc(NCCN4CCOCC4)c3nc2Cl)CC1.CN1CCN(c2nc(NCCN3CCOCC3)c3nc(Cl)c(NCCN4CCOCC4)nc3n2)CC1.Clc1nc2c(NCCN3CCOCC3)nc(N3CCCCC3)nc2nc1NCCN1CCOCC1. The second-order valence-corrected chi connectivity index (χ2v) is 40.2. The summed E-state index contributed by atoms with van der Waals surface area (Å²) in [7, 11) is 8.63. The molecule has 0 aromatic carbocycles. The quantitative estimate of drug-likeness (QED) is 0.0278. The van der Waals surface area contributed by atoms with E-state index in [1.54, 1.807) is 0 Å². The van der Waals surface area contributed by atoms with Gasteiger partial charge in [0.05, 0.1) is 79.3 Å². The van der Waals surface area contributed by atoms with Gasteiger partial charge in [0, 0.05) is 314 Å². The van der Waals surface area contributed by atoms with Gasteiger partial charge in [-0.05, 0) is 66.7 Å². The van der Waals surface area contributed by atoms with Crippen LogP contribution in [0.3, 0.4) is 0 Å². The summed E-state index contributed by atoms with van der Waals surface area (Å²) in [5, 5.41) is 28.8. The average Bonchev–Trinajstić information content (AvgIpc) is 0.769. The molecule has 20 heterocycles. The molecule has 8 N–H and O–H groups in total. The molecule has 12 aliphatic heterocycles. The molecule has 20 rings (SSSR count). The van der Waals surface area contributed by atoms with Crippen molar-refractivity contribution in [2.45, 2.75) is 38.5 Å². The summed E-state index contributed by atoms with van der Waals surface area (Å²) in [6.45, 7) is 54.2. The smallest absolute Gasteiger partial charge is 0.229 e. The fraction of sp³-hybridized carbons (Fsp3) is 0.745. The van der Waals surface area contributed by atoms with E-state index in [9.17, 15) is 0 Å². The minimum absolute atomic E-state index is 0.330. The van der Waals surface area contributed by atoms with E-state index >= 15 is 0 Å². The van der Waals surface area contributed by atoms with Crippen LogP contribution in [-0.4, -0.2) is 560 Å². The van der Waals surface area contributed by atoms with Crippen LogP contribution in [-0.2, 0) is 28.4 Å². The van der Waals surface area contributed by atoms with Gasteiger partial charge in [0.25, 0.3) is 0 Å². The van der Waals surface area contributed by atoms with Crippen LogP contribution in [0.5, 0.6) is 0 Å². The van der Waals surface area contributed by atoms with Crippen LogP contribution in [0.2, 0.25) is 20.6 Å². The van der Waals surface area contributed by atoms with Crippen LogP contribution in [0, 0.1) is 0 Å². The van der Waals surface area contributed by atoms with E-state index < -0.39 is 0 Å². The number of halogens is 4. The lowest BCUT2D eigenvalue weighted by Crippen LogP contribution is -2.45. The molecule has 0 spiro atoms. The highest BCUT2D eigenvalue weighted by atomic mass is 35.5. The maximum absolute atomic E-state index is 6.60. The van der Waals surface area contributed by atoms with Crippen molar-refractivity contribution < 1.29 is 28.4 Å². The van der Waals surface area contributed by atoms with Crippen molar-refractivity contribution in [3.63, 3.8) is 0 Å². The van der Waals surface area contributed by atoms with Gasteiger partial charge in [0.2, 0.25) is 23.8 Å². The van der Waals surface area contributed by atoms with Crippen molar-refractivity contribution in [3.05, 3.63) is 20.6 Å². The predicted octanol–water partition coefficient (Wildman–Crippen LogP) is 3.56. The summed E-state index contributed by atoms with van der Waals surface area (Å²) < 4.78 is 32.7. The van der Waals surface area contributed by atoms with Crippen molar-refractivity contribution in [2.75, 3.05) is 484 Å². The molecular weight excluding hydrogens is 1930 g/mol. The van der Waals surface area contributed by atoms with Crippen LogP contribution in [0.1, 0.15) is 38.5 Å². The molecule has 8 aromatic rings. The van der Waals surface area contributed by atoms with E-state index in [0.29, 0.717) is 130 Å². The van der Waals surface area contributed by atoms with Gasteiger partial charge in [-0.25, -0.2) is 39.9 Å². The largest absolute Gasteiger partial charge is 0.379 e. The zero-order chi connectivity index (χ0) is 99.0. The van der Waals surface area contributed by atoms with Gasteiger partial charge >= 0.3 is 0 Å². The minimum Gasteiger partial charge on any atom is -0.379 e. The predicted molar refractivity (Wildman–Crippen MR) is 571 cm³/mol. The zero-order valence-electron chi connectivity index (χ0n) is 84.9. The monoisotopic (exact) mass is 2080 g/mol. The summed E-state index contributed by atoms with van der Waals surface area (Å²) in [5.74, 6) is 7.83. The number of ether oxygens (including phenoxy) is 6. The third kappa shape index (κ3) is 31.9. The van der Waals surface area contributed by atoms with E-state index in [1.807, 2.05) is 0 Å². The summed E-state index contributed by atoms with van der Waals surface area (Å²) in [6.07, 6.45) is 7.13. The Balaban J connectivity index is 0.000000132. The van der Waals surface area contributed by atoms with Crippen molar-refractivity contribution in [1.82, 2.24) is 139 Å². The maximum Gasteiger partial charge on any atom is 0.229 e. The van der Waals surface area contributed by atoms with Crippen LogP contribution >= 0.6 is 46.4 Å². The van der Waals surface area contributed by atoms with E-state index in [1.165, 1.54) is 12.8 Å². The average molecular weight is 2080 g/mol. The van der Waals surface area contributed by atoms with Gasteiger partial charge in [0.1, 0.15) is 0 Å². The fourth-order valence-electron chi connectivity index (χ4n) is 19.1. The van der Waals surface area contributed by atoms with E-state index in [0.717, 1.165) is 425 Å². The number of morpholine rings is 6. The summed E-state index contributed by atoms with van der Waals surface area (Å²) in [4.78, 5) is 114. The van der Waals surface area contributed by atoms with E-state index in [4.69, 9.17) is 135 Å². The van der Waals surface area contributed by atoms with Crippen molar-refractivity contribution in [2.24, 2.45) is 0 Å². The zero-order valence-corrected chi connectivity index (χ0v) is 88.0. The molecule has 0 radical (unpaired) electrons. The van der Waals surface area contributed by atoms with Crippen molar-refractivity contribution >= 4 is 161 Å². The van der Waals surface area contributed by atoms with Gasteiger partial charge in [-0.3, -0.25) is 39.2 Å². The summed E-state index contributed by atoms with van der Waals surface area (Å²) in [5.41, 5.74) is 4.67. The van der Waals surface area contributed by atoms with Gasteiger partial charge in [-0.1, -0.05) is 46.4 Å². The molecule has 46 nitrogen and oxygen atoms in total. The lowest BCUT2D eigenvalue weighted by molar-refractivity contribution is 0.0398. The summed E-state index contributed by atoms with van der Waals surface area (Å²) >= 11 is 26.3. The van der Waals surface area contributed by atoms with E-state index in [-0.39, 0.29) is 0 Å². The number of rotatable bonds is 36. The number of anilines is 12. The van der Waals surface area contributed by atoms with Crippen LogP contribution in [0.25, 0.3) is 44.7 Å². The first-order valence-corrected chi connectivity index (χ1v) is 54.0. The Kier molecular flexibility index (Phi) is 41.5. The number of fused-ring (bicyclic) bond motifs is 4. The Morgan fingerprint density at radius 2 is 0.361 bits per heavy atom. The molecule has 12 aliphatic rings. The molecule has 12 fully saturated rings. The highest BCUT2D eigenvalue weighted by Gasteiger charge is 2.30. The summed E-state index contributed by atoms with van der Waals surface area (Å²) in [6, 6.07) is 0. The van der Waals surface area contributed by atoms with Gasteiger partial charge in [-0.2, -0.15) is 39.9 Å². The number of nitrogens with zero attached hydrogens (tertiary/aromatic N) is 32. The number of likely N-dealkylation sites (N-methyl/N-ethyl adjacent to an activating group) is 4. The topological polar surface area (TPSA) is 410 Å². The molecule has 0 atom stereocenters. The number of hydrogen-bond donors (Lipinski definition) is 8. The first-order chi connectivity index (χ1) is 70.6. The molecule has 144 heavy (non-hydrogen) atoms. The second-order valence-electron chi connectivity index (χ2n) is 38.7. The van der Waals surface area contributed by atoms with Crippen molar-refractivity contribution in [1.29, 1.82) is 0 Å². The Morgan fingerprint density at radius 1 is 0.188 bits per heavy atom. The highest BCUT2D eigenvalue weighted by Crippen LogP contribution is 2.34. The lowest BCUT2D eigenvalue weighted by atomic mass is 10.1. The number of hydrogen-bond acceptors (Lipinski definition) is 46. The molecule has 0 saturated carbocycles. The Morgan fingerprint density at radius 3 is 0.562 bits per heavy atom. The molecular formula is C94H152Cl4N40O6. The molecule has 0 bridgehead atoms. The molecule has 792 valence electrons. The van der Waals surface area contributed by atoms with Crippen molar-refractivity contribution in [3.8, 4) is 0 Å². The standard InChI is InChI=1S/C24H40ClN11O.C24H39ClN10O.C23H37ClN10O2.C23H36ClN9O2/c1-32-7-11-34(12-8-32)5-4-27-23-20(25)28-19-21(26-3-6-35-15-17-37-18-16-35)30-24(31-22(19)29-23)36-13-9-33(2)10-14-36;1-32-11-13-33(14-12-32)9-6-27-23-20(25)28-19-21(26-5-10-34-15-17-36-18-16-34)30-24(31-22(19)29-23)35-7-3-2-4-8-35;1-31-6-8-34(9-7-31)23-29-20(25-2-4-32-10-14-35-15-11-32)18-21(30-23)28-22(19(24)27-18)26-3-5-33-12-16-36-17-13-33;24-19-22(26-5-9-32-12-16-35-17-13-32)28-21-18(27-19)20(25-4-8-31-10-14-34-15-11-31)29-23(30-21)33-6-2-1-3-7-33/h3-18H2,1-2H3,(H2,26,27,29,30,31);2-18H2,1H3,(H2,26,27,29,30,31);2-17H2,1H3,(H2,25,26,28,29,30);1-17H2,(H2,25,26,28,29,30). The number of nitrogens with one attached hydrogen (secondary N) is 8. The van der Waals surface area contributed by atoms with E-state index in [2.05, 4.69) is 169 Å². The minimum atomic E-state index is 0.330. The van der Waals surface area contributed by atoms with Gasteiger partial charge < -0.3 is 110 Å². The number of piperazine rings is 4. The number of piperidine rings is 2. The van der Waals surface area contributed by atoms with Gasteiger partial charge in [-0.15, -0.1) is 0 Å². The molecule has 0 aliphatic carbocycles. The van der Waals surface area contributed by atoms with Crippen LogP contribution in [0.4, 0.5) is 70.3 Å². The third-order valence-corrected chi connectivity index (χ3v) is 29.4. The van der Waals surface area contributed by atoms with Crippen LogP contribution < -0.4 is 62.1 Å². The Bertz CT molecular complexity index is 5240. The molecule has 0 amide bonds. The Labute approximate surface area is 866 Å². The molecule has 8 aromatic heterocycles. The molecule has 50 heteroatoms. The Hall–Kier alpha value is -8.28. The first kappa shape index (κ1) is 107. The lowest BCUT2D eigenvalue weighted by Gasteiger charge is -2.32. The van der Waals surface area contributed by atoms with Gasteiger partial charge in [0.15, 0.2) is 112 Å². The maximum atomic E-state index is 6.60. The number of aromatic nitrogens is 16. The molecule has 12 saturated heterocycles. The second kappa shape index (κ2) is 55.8. The molecule has 0 unspecified atom stereocenters. The third-order valence-electron chi connectivity index (χ3n) is 28.3. The highest BCUT2D eigenvalue weighted by molar-refractivity contribution is 6.33. The first-order valence-electron chi connectivity index (χ1n) is 52.5. The van der Waals surface area contributed by atoms with Crippen LogP contribution in [0.15, 0.2) is 0 Å². The normalized spacial score (nSPS) is 20.7.